The molecule has 30 heavy (non-hydrogen) atoms. The summed E-state index contributed by atoms with van der Waals surface area (Å²) in [5.41, 5.74) is 2.14. The zero-order valence-corrected chi connectivity index (χ0v) is 17.8. The molecular weight excluding hydrogens is 402 g/mol. The SMILES string of the molecule is Cc1ccccc1C(=O)NC(C(=O)Nc1nc2cc3c(cc2s1)OCCO3)C(C)C. The van der Waals surface area contributed by atoms with Crippen molar-refractivity contribution in [1.82, 2.24) is 10.3 Å². The van der Waals surface area contributed by atoms with Gasteiger partial charge in [0.25, 0.3) is 5.91 Å². The largest absolute Gasteiger partial charge is 0.486 e. The Bertz CT molecular complexity index is 1070. The predicted octanol–water partition coefficient (Wildman–Crippen LogP) is 3.77. The van der Waals surface area contributed by atoms with Crippen LogP contribution >= 0.6 is 11.3 Å². The van der Waals surface area contributed by atoms with Crippen LogP contribution < -0.4 is 20.1 Å². The average Bonchev–Trinajstić information content (AvgIpc) is 3.10. The van der Waals surface area contributed by atoms with Crippen LogP contribution in [0.15, 0.2) is 36.4 Å². The zero-order chi connectivity index (χ0) is 21.3. The molecule has 1 unspecified atom stereocenters. The van der Waals surface area contributed by atoms with E-state index in [4.69, 9.17) is 9.47 Å². The Morgan fingerprint density at radius 3 is 2.50 bits per heavy atom. The molecule has 156 valence electrons. The molecule has 4 rings (SSSR count). The molecule has 8 heteroatoms. The number of nitrogens with one attached hydrogen (secondary N) is 2. The standard InChI is InChI=1S/C22H23N3O4S/c1-12(2)19(24-20(26)14-7-5-4-6-13(14)3)21(27)25-22-23-15-10-16-17(11-18(15)30-22)29-9-8-28-16/h4-7,10-12,19H,8-9H2,1-3H3,(H,24,26)(H,23,25,27). The van der Waals surface area contributed by atoms with Crippen molar-refractivity contribution in [3.8, 4) is 11.5 Å². The van der Waals surface area contributed by atoms with Crippen molar-refractivity contribution in [1.29, 1.82) is 0 Å². The summed E-state index contributed by atoms with van der Waals surface area (Å²) in [5.74, 6) is 0.668. The van der Waals surface area contributed by atoms with E-state index in [-0.39, 0.29) is 17.7 Å². The molecule has 2 amide bonds. The van der Waals surface area contributed by atoms with Gasteiger partial charge >= 0.3 is 0 Å². The first-order valence-corrected chi connectivity index (χ1v) is 10.6. The summed E-state index contributed by atoms with van der Waals surface area (Å²) in [6.45, 7) is 6.67. The summed E-state index contributed by atoms with van der Waals surface area (Å²) in [4.78, 5) is 30.1. The molecule has 0 saturated carbocycles. The van der Waals surface area contributed by atoms with Gasteiger partial charge in [-0.1, -0.05) is 43.4 Å². The second-order valence-corrected chi connectivity index (χ2v) is 8.51. The van der Waals surface area contributed by atoms with E-state index in [1.807, 2.05) is 45.0 Å². The van der Waals surface area contributed by atoms with Crippen LogP contribution in [0.5, 0.6) is 11.5 Å². The average molecular weight is 426 g/mol. The van der Waals surface area contributed by atoms with E-state index in [1.54, 1.807) is 12.1 Å². The lowest BCUT2D eigenvalue weighted by molar-refractivity contribution is -0.118. The highest BCUT2D eigenvalue weighted by molar-refractivity contribution is 7.22. The summed E-state index contributed by atoms with van der Waals surface area (Å²) in [6, 6.07) is 10.3. The number of aryl methyl sites for hydroxylation is 1. The number of ether oxygens (including phenoxy) is 2. The molecule has 0 spiro atoms. The van der Waals surface area contributed by atoms with Crippen LogP contribution in [-0.4, -0.2) is 36.1 Å². The third kappa shape index (κ3) is 4.09. The zero-order valence-electron chi connectivity index (χ0n) is 17.0. The minimum absolute atomic E-state index is 0.0959. The summed E-state index contributed by atoms with van der Waals surface area (Å²) in [5, 5.41) is 6.17. The molecule has 1 atom stereocenters. The van der Waals surface area contributed by atoms with Crippen LogP contribution in [0.3, 0.4) is 0 Å². The normalized spacial score (nSPS) is 13.9. The number of hydrogen-bond acceptors (Lipinski definition) is 6. The van der Waals surface area contributed by atoms with Gasteiger partial charge in [-0.25, -0.2) is 4.98 Å². The predicted molar refractivity (Wildman–Crippen MR) is 117 cm³/mol. The quantitative estimate of drug-likeness (QED) is 0.650. The topological polar surface area (TPSA) is 89.6 Å². The highest BCUT2D eigenvalue weighted by Gasteiger charge is 2.26. The third-order valence-electron chi connectivity index (χ3n) is 4.91. The monoisotopic (exact) mass is 425 g/mol. The van der Waals surface area contributed by atoms with Crippen molar-refractivity contribution in [3.63, 3.8) is 0 Å². The van der Waals surface area contributed by atoms with Crippen LogP contribution in [0, 0.1) is 12.8 Å². The second kappa shape index (κ2) is 8.31. The third-order valence-corrected chi connectivity index (χ3v) is 5.84. The van der Waals surface area contributed by atoms with Gasteiger partial charge in [0.1, 0.15) is 19.3 Å². The van der Waals surface area contributed by atoms with E-state index in [1.165, 1.54) is 11.3 Å². The van der Waals surface area contributed by atoms with Crippen molar-refractivity contribution >= 4 is 38.5 Å². The first-order valence-electron chi connectivity index (χ1n) is 9.80. The molecule has 1 aliphatic heterocycles. The smallest absolute Gasteiger partial charge is 0.252 e. The van der Waals surface area contributed by atoms with Crippen molar-refractivity contribution in [2.45, 2.75) is 26.8 Å². The molecule has 2 aromatic carbocycles. The fourth-order valence-corrected chi connectivity index (χ4v) is 4.16. The fraction of sp³-hybridized carbons (Fsp3) is 0.318. The lowest BCUT2D eigenvalue weighted by Crippen LogP contribution is -2.47. The van der Waals surface area contributed by atoms with Gasteiger partial charge in [0.2, 0.25) is 5.91 Å². The van der Waals surface area contributed by atoms with E-state index in [9.17, 15) is 9.59 Å². The number of nitrogens with zero attached hydrogens (tertiary/aromatic N) is 1. The Morgan fingerprint density at radius 2 is 1.80 bits per heavy atom. The van der Waals surface area contributed by atoms with Crippen molar-refractivity contribution in [3.05, 3.63) is 47.5 Å². The van der Waals surface area contributed by atoms with Gasteiger partial charge in [-0.2, -0.15) is 0 Å². The Kier molecular flexibility index (Phi) is 5.59. The van der Waals surface area contributed by atoms with Crippen LogP contribution in [0.4, 0.5) is 5.13 Å². The molecule has 0 bridgehead atoms. The van der Waals surface area contributed by atoms with Crippen molar-refractivity contribution in [2.24, 2.45) is 5.92 Å². The first kappa shape index (κ1) is 20.2. The number of aromatic nitrogens is 1. The van der Waals surface area contributed by atoms with Crippen LogP contribution in [-0.2, 0) is 4.79 Å². The van der Waals surface area contributed by atoms with Gasteiger partial charge in [-0.05, 0) is 24.5 Å². The number of benzene rings is 2. The van der Waals surface area contributed by atoms with E-state index in [0.717, 1.165) is 15.8 Å². The van der Waals surface area contributed by atoms with E-state index >= 15 is 0 Å². The van der Waals surface area contributed by atoms with Gasteiger partial charge in [0, 0.05) is 17.7 Å². The van der Waals surface area contributed by atoms with Crippen LogP contribution in [0.1, 0.15) is 29.8 Å². The molecule has 1 aromatic heterocycles. The fourth-order valence-electron chi connectivity index (χ4n) is 3.28. The molecule has 0 radical (unpaired) electrons. The number of hydrogen-bond donors (Lipinski definition) is 2. The van der Waals surface area contributed by atoms with E-state index < -0.39 is 6.04 Å². The van der Waals surface area contributed by atoms with Crippen LogP contribution in [0.2, 0.25) is 0 Å². The highest BCUT2D eigenvalue weighted by atomic mass is 32.1. The molecule has 1 aliphatic rings. The number of thiazole rings is 1. The Hall–Kier alpha value is -3.13. The Morgan fingerprint density at radius 1 is 1.10 bits per heavy atom. The first-order chi connectivity index (χ1) is 14.4. The summed E-state index contributed by atoms with van der Waals surface area (Å²) in [7, 11) is 0. The molecule has 0 aliphatic carbocycles. The maximum absolute atomic E-state index is 12.9. The number of carbonyl (C=O) groups excluding carboxylic acids is 2. The molecule has 2 heterocycles. The number of amides is 2. The van der Waals surface area contributed by atoms with Crippen LogP contribution in [0.25, 0.3) is 10.2 Å². The molecule has 3 aromatic rings. The number of anilines is 1. The van der Waals surface area contributed by atoms with E-state index in [2.05, 4.69) is 15.6 Å². The number of rotatable bonds is 5. The summed E-state index contributed by atoms with van der Waals surface area (Å²) in [6.07, 6.45) is 0. The molecule has 2 N–H and O–H groups in total. The van der Waals surface area contributed by atoms with Crippen molar-refractivity contribution < 1.29 is 19.1 Å². The van der Waals surface area contributed by atoms with Gasteiger partial charge in [0.15, 0.2) is 16.6 Å². The number of fused-ring (bicyclic) bond motifs is 2. The van der Waals surface area contributed by atoms with Crippen molar-refractivity contribution in [2.75, 3.05) is 18.5 Å². The summed E-state index contributed by atoms with van der Waals surface area (Å²) < 4.78 is 12.1. The Balaban J connectivity index is 1.51. The minimum Gasteiger partial charge on any atom is -0.486 e. The molecule has 7 nitrogen and oxygen atoms in total. The number of carbonyl (C=O) groups is 2. The lowest BCUT2D eigenvalue weighted by Gasteiger charge is -2.21. The van der Waals surface area contributed by atoms with Gasteiger partial charge in [0.05, 0.1) is 10.2 Å². The minimum atomic E-state index is -0.691. The summed E-state index contributed by atoms with van der Waals surface area (Å²) >= 11 is 1.35. The van der Waals surface area contributed by atoms with Gasteiger partial charge < -0.3 is 20.1 Å². The van der Waals surface area contributed by atoms with Gasteiger partial charge in [-0.3, -0.25) is 9.59 Å². The Labute approximate surface area is 178 Å². The lowest BCUT2D eigenvalue weighted by atomic mass is 10.0. The molecular formula is C22H23N3O4S. The van der Waals surface area contributed by atoms with Gasteiger partial charge in [-0.15, -0.1) is 0 Å². The van der Waals surface area contributed by atoms with E-state index in [0.29, 0.717) is 35.4 Å². The maximum Gasteiger partial charge on any atom is 0.252 e. The molecule has 0 saturated heterocycles. The highest BCUT2D eigenvalue weighted by Crippen LogP contribution is 2.37. The molecule has 0 fully saturated rings. The maximum atomic E-state index is 12.9. The second-order valence-electron chi connectivity index (χ2n) is 7.48.